The van der Waals surface area contributed by atoms with Gasteiger partial charge in [-0.2, -0.15) is 0 Å². The van der Waals surface area contributed by atoms with Gasteiger partial charge in [0.25, 0.3) is 11.6 Å². The van der Waals surface area contributed by atoms with Crippen molar-refractivity contribution in [2.75, 3.05) is 19.8 Å². The number of carbonyl (C=O) groups excluding carboxylic acids is 1. The van der Waals surface area contributed by atoms with E-state index in [0.29, 0.717) is 19.8 Å². The van der Waals surface area contributed by atoms with Crippen molar-refractivity contribution in [1.29, 1.82) is 0 Å². The summed E-state index contributed by atoms with van der Waals surface area (Å²) < 4.78 is 10.2. The number of nitrogens with one attached hydrogen (secondary N) is 1. The van der Waals surface area contributed by atoms with Gasteiger partial charge in [0.2, 0.25) is 0 Å². The van der Waals surface area contributed by atoms with Crippen molar-refractivity contribution in [2.45, 2.75) is 13.0 Å². The molecule has 1 N–H and O–H groups in total. The normalized spacial score (nSPS) is 14.6. The van der Waals surface area contributed by atoms with Crippen LogP contribution in [0.5, 0.6) is 5.75 Å². The second-order valence-corrected chi connectivity index (χ2v) is 4.05. The number of carbonyl (C=O) groups is 1. The van der Waals surface area contributed by atoms with Crippen molar-refractivity contribution in [1.82, 2.24) is 5.32 Å². The number of nitro benzene ring substituents is 1. The lowest BCUT2D eigenvalue weighted by Gasteiger charge is -2.26. The zero-order valence-corrected chi connectivity index (χ0v) is 10.4. The summed E-state index contributed by atoms with van der Waals surface area (Å²) in [7, 11) is 0. The van der Waals surface area contributed by atoms with E-state index in [2.05, 4.69) is 5.32 Å². The van der Waals surface area contributed by atoms with Gasteiger partial charge in [-0.15, -0.1) is 0 Å². The second-order valence-electron chi connectivity index (χ2n) is 4.05. The Labute approximate surface area is 109 Å². The van der Waals surface area contributed by atoms with Crippen LogP contribution in [0.3, 0.4) is 0 Å². The van der Waals surface area contributed by atoms with Crippen LogP contribution in [-0.4, -0.2) is 36.7 Å². The molecule has 1 amide bonds. The Balaban J connectivity index is 2.32. The lowest BCUT2D eigenvalue weighted by molar-refractivity contribution is -0.385. The molecule has 0 radical (unpaired) electrons. The third-order valence-electron chi connectivity index (χ3n) is 2.70. The van der Waals surface area contributed by atoms with E-state index in [-0.39, 0.29) is 23.0 Å². The maximum atomic E-state index is 12.1. The second kappa shape index (κ2) is 5.66. The number of hydrogen-bond acceptors (Lipinski definition) is 5. The lowest BCUT2D eigenvalue weighted by Crippen LogP contribution is -2.48. The molecule has 1 heterocycles. The molecule has 1 aromatic rings. The van der Waals surface area contributed by atoms with E-state index < -0.39 is 10.8 Å². The predicted molar refractivity (Wildman–Crippen MR) is 66.3 cm³/mol. The van der Waals surface area contributed by atoms with Gasteiger partial charge in [-0.3, -0.25) is 14.9 Å². The van der Waals surface area contributed by atoms with Gasteiger partial charge in [0.1, 0.15) is 5.75 Å². The molecule has 7 nitrogen and oxygen atoms in total. The minimum atomic E-state index is -0.589. The van der Waals surface area contributed by atoms with Crippen LogP contribution in [0.15, 0.2) is 18.2 Å². The first kappa shape index (κ1) is 13.3. The molecular formula is C12H14N2O5. The quantitative estimate of drug-likeness (QED) is 0.637. The first-order chi connectivity index (χ1) is 9.13. The van der Waals surface area contributed by atoms with Crippen LogP contribution < -0.4 is 10.1 Å². The van der Waals surface area contributed by atoms with Crippen LogP contribution in [0.2, 0.25) is 0 Å². The van der Waals surface area contributed by atoms with E-state index in [1.807, 2.05) is 0 Å². The number of hydrogen-bond donors (Lipinski definition) is 1. The molecule has 1 aliphatic heterocycles. The maximum absolute atomic E-state index is 12.1. The molecule has 0 bridgehead atoms. The van der Waals surface area contributed by atoms with Crippen molar-refractivity contribution in [3.8, 4) is 5.75 Å². The number of rotatable bonds is 5. The number of benzene rings is 1. The van der Waals surface area contributed by atoms with Crippen molar-refractivity contribution in [3.05, 3.63) is 33.9 Å². The minimum absolute atomic E-state index is 0.0405. The average molecular weight is 266 g/mol. The van der Waals surface area contributed by atoms with E-state index in [4.69, 9.17) is 9.47 Å². The van der Waals surface area contributed by atoms with E-state index >= 15 is 0 Å². The van der Waals surface area contributed by atoms with Crippen LogP contribution in [0.25, 0.3) is 0 Å². The summed E-state index contributed by atoms with van der Waals surface area (Å²) >= 11 is 0. The molecule has 0 spiro atoms. The lowest BCUT2D eigenvalue weighted by atomic mass is 10.1. The summed E-state index contributed by atoms with van der Waals surface area (Å²) in [5.41, 5.74) is -0.301. The molecule has 0 atom stereocenters. The molecular weight excluding hydrogens is 252 g/mol. The summed E-state index contributed by atoms with van der Waals surface area (Å²) in [5.74, 6) is -0.293. The highest BCUT2D eigenvalue weighted by Gasteiger charge is 2.28. The van der Waals surface area contributed by atoms with Gasteiger partial charge >= 0.3 is 0 Å². The Bertz CT molecular complexity index is 499. The number of ether oxygens (including phenoxy) is 2. The first-order valence-electron chi connectivity index (χ1n) is 5.92. The molecule has 2 rings (SSSR count). The molecule has 0 unspecified atom stereocenters. The Kier molecular flexibility index (Phi) is 3.96. The Morgan fingerprint density at radius 3 is 2.84 bits per heavy atom. The predicted octanol–water partition coefficient (Wildman–Crippen LogP) is 1.12. The van der Waals surface area contributed by atoms with Crippen LogP contribution >= 0.6 is 0 Å². The number of amides is 1. The fourth-order valence-electron chi connectivity index (χ4n) is 1.75. The van der Waals surface area contributed by atoms with Crippen LogP contribution in [-0.2, 0) is 4.74 Å². The molecule has 19 heavy (non-hydrogen) atoms. The molecule has 1 saturated heterocycles. The Morgan fingerprint density at radius 1 is 1.58 bits per heavy atom. The molecule has 1 aromatic carbocycles. The zero-order valence-electron chi connectivity index (χ0n) is 10.4. The highest BCUT2D eigenvalue weighted by Crippen LogP contribution is 2.28. The first-order valence-corrected chi connectivity index (χ1v) is 5.92. The van der Waals surface area contributed by atoms with E-state index in [0.717, 1.165) is 0 Å². The fraction of sp³-hybridized carbons (Fsp3) is 0.417. The van der Waals surface area contributed by atoms with Gasteiger partial charge in [-0.1, -0.05) is 6.07 Å². The van der Waals surface area contributed by atoms with Crippen molar-refractivity contribution < 1.29 is 19.2 Å². The average Bonchev–Trinajstić information content (AvgIpc) is 2.33. The Hall–Kier alpha value is -2.15. The highest BCUT2D eigenvalue weighted by atomic mass is 16.6. The van der Waals surface area contributed by atoms with Crippen LogP contribution in [0, 0.1) is 10.1 Å². The SMILES string of the molecule is CCOc1cccc([N+](=O)[O-])c1C(=O)NC1COC1. The highest BCUT2D eigenvalue weighted by molar-refractivity contribution is 6.01. The van der Waals surface area contributed by atoms with Crippen molar-refractivity contribution in [2.24, 2.45) is 0 Å². The van der Waals surface area contributed by atoms with E-state index in [1.165, 1.54) is 12.1 Å². The summed E-state index contributed by atoms with van der Waals surface area (Å²) in [5, 5.41) is 13.7. The van der Waals surface area contributed by atoms with Gasteiger partial charge in [0.05, 0.1) is 30.8 Å². The third kappa shape index (κ3) is 2.82. The van der Waals surface area contributed by atoms with Gasteiger partial charge < -0.3 is 14.8 Å². The summed E-state index contributed by atoms with van der Waals surface area (Å²) in [6.45, 7) is 2.93. The van der Waals surface area contributed by atoms with Gasteiger partial charge in [-0.25, -0.2) is 0 Å². The summed E-state index contributed by atoms with van der Waals surface area (Å²) in [4.78, 5) is 22.5. The number of nitrogens with zero attached hydrogens (tertiary/aromatic N) is 1. The zero-order chi connectivity index (χ0) is 13.8. The van der Waals surface area contributed by atoms with Crippen molar-refractivity contribution >= 4 is 11.6 Å². The van der Waals surface area contributed by atoms with E-state index in [9.17, 15) is 14.9 Å². The topological polar surface area (TPSA) is 90.7 Å². The number of nitro groups is 1. The van der Waals surface area contributed by atoms with Crippen LogP contribution in [0.4, 0.5) is 5.69 Å². The molecule has 1 aliphatic rings. The smallest absolute Gasteiger partial charge is 0.285 e. The largest absolute Gasteiger partial charge is 0.493 e. The summed E-state index contributed by atoms with van der Waals surface area (Å²) in [6, 6.07) is 4.23. The fourth-order valence-corrected chi connectivity index (χ4v) is 1.75. The van der Waals surface area contributed by atoms with Gasteiger partial charge in [-0.05, 0) is 13.0 Å². The van der Waals surface area contributed by atoms with Crippen LogP contribution in [0.1, 0.15) is 17.3 Å². The van der Waals surface area contributed by atoms with E-state index in [1.54, 1.807) is 13.0 Å². The molecule has 0 aromatic heterocycles. The Morgan fingerprint density at radius 2 is 2.32 bits per heavy atom. The minimum Gasteiger partial charge on any atom is -0.493 e. The van der Waals surface area contributed by atoms with Crippen molar-refractivity contribution in [3.63, 3.8) is 0 Å². The standard InChI is InChI=1S/C12H14N2O5/c1-2-19-10-5-3-4-9(14(16)17)11(10)12(15)13-8-6-18-7-8/h3-5,8H,2,6-7H2,1H3,(H,13,15). The molecule has 102 valence electrons. The third-order valence-corrected chi connectivity index (χ3v) is 2.70. The molecule has 0 saturated carbocycles. The molecule has 7 heteroatoms. The molecule has 1 fully saturated rings. The summed E-state index contributed by atoms with van der Waals surface area (Å²) in [6.07, 6.45) is 0. The van der Waals surface area contributed by atoms with Gasteiger partial charge in [0, 0.05) is 6.07 Å². The monoisotopic (exact) mass is 266 g/mol. The molecule has 0 aliphatic carbocycles. The van der Waals surface area contributed by atoms with Gasteiger partial charge in [0.15, 0.2) is 5.56 Å². The maximum Gasteiger partial charge on any atom is 0.285 e.